The van der Waals surface area contributed by atoms with Gasteiger partial charge in [0.2, 0.25) is 0 Å². The van der Waals surface area contributed by atoms with Gasteiger partial charge in [0.1, 0.15) is 11.2 Å². The van der Waals surface area contributed by atoms with Crippen LogP contribution in [-0.2, 0) is 21.5 Å². The molecule has 0 heterocycles. The maximum atomic E-state index is 13.6. The summed E-state index contributed by atoms with van der Waals surface area (Å²) < 4.78 is 5.37. The minimum absolute atomic E-state index is 0.198. The zero-order valence-corrected chi connectivity index (χ0v) is 20.5. The summed E-state index contributed by atoms with van der Waals surface area (Å²) in [5.41, 5.74) is 9.17. The number of carbonyl (C=O) groups is 1. The molecule has 178 valence electrons. The highest BCUT2D eigenvalue weighted by atomic mass is 35.5. The third-order valence-electron chi connectivity index (χ3n) is 5.95. The van der Waals surface area contributed by atoms with Crippen LogP contribution in [0.15, 0.2) is 91.0 Å². The van der Waals surface area contributed by atoms with Crippen molar-refractivity contribution >= 4 is 40.5 Å². The highest BCUT2D eigenvalue weighted by molar-refractivity contribution is 6.30. The zero-order valence-electron chi connectivity index (χ0n) is 19.0. The SMILES string of the molecule is COC(=O)C(c1ccc(Cl)cc1)(c1ccc(Cl)cc1)c1ccc(N)c(NCc2ccc(O)cc2)c1. The lowest BCUT2D eigenvalue weighted by molar-refractivity contribution is -0.144. The third kappa shape index (κ3) is 4.92. The number of hydrogen-bond acceptors (Lipinski definition) is 5. The Hall–Kier alpha value is -3.67. The Balaban J connectivity index is 1.87. The summed E-state index contributed by atoms with van der Waals surface area (Å²) in [6.45, 7) is 0.473. The van der Waals surface area contributed by atoms with Crippen LogP contribution in [0.25, 0.3) is 0 Å². The first-order valence-electron chi connectivity index (χ1n) is 10.9. The Bertz CT molecular complexity index is 1280. The predicted octanol–water partition coefficient (Wildman–Crippen LogP) is 6.40. The van der Waals surface area contributed by atoms with Crippen LogP contribution in [0.2, 0.25) is 10.0 Å². The van der Waals surface area contributed by atoms with Crippen LogP contribution < -0.4 is 11.1 Å². The van der Waals surface area contributed by atoms with Gasteiger partial charge in [0.05, 0.1) is 18.5 Å². The average molecular weight is 507 g/mol. The number of ether oxygens (including phenoxy) is 1. The molecule has 0 saturated heterocycles. The number of anilines is 2. The van der Waals surface area contributed by atoms with E-state index in [2.05, 4.69) is 5.32 Å². The molecular weight excluding hydrogens is 483 g/mol. The molecule has 0 aliphatic rings. The van der Waals surface area contributed by atoms with Crippen LogP contribution in [0.1, 0.15) is 22.3 Å². The molecule has 0 amide bonds. The molecule has 0 aliphatic carbocycles. The summed E-state index contributed by atoms with van der Waals surface area (Å²) in [5, 5.41) is 14.0. The first-order valence-corrected chi connectivity index (χ1v) is 11.6. The van der Waals surface area contributed by atoms with E-state index in [0.717, 1.165) is 5.56 Å². The molecule has 0 radical (unpaired) electrons. The Morgan fingerprint density at radius 1 is 0.857 bits per heavy atom. The fourth-order valence-corrected chi connectivity index (χ4v) is 4.41. The Morgan fingerprint density at radius 3 is 1.89 bits per heavy atom. The van der Waals surface area contributed by atoms with Crippen LogP contribution in [0.3, 0.4) is 0 Å². The van der Waals surface area contributed by atoms with E-state index in [1.54, 1.807) is 42.5 Å². The van der Waals surface area contributed by atoms with E-state index in [-0.39, 0.29) is 5.75 Å². The standard InChI is InChI=1S/C28H24Cl2N2O3/c1-35-27(34)28(19-4-9-22(29)10-5-19,20-6-11-23(30)12-7-20)21-8-15-25(31)26(16-21)32-17-18-2-13-24(33)14-3-18/h2-16,32-33H,17,31H2,1H3. The van der Waals surface area contributed by atoms with Gasteiger partial charge in [-0.1, -0.05) is 65.7 Å². The molecule has 4 aromatic carbocycles. The maximum absolute atomic E-state index is 13.6. The lowest BCUT2D eigenvalue weighted by Gasteiger charge is -2.33. The van der Waals surface area contributed by atoms with E-state index in [1.807, 2.05) is 48.5 Å². The Labute approximate surface area is 214 Å². The summed E-state index contributed by atoms with van der Waals surface area (Å²) in [7, 11) is 1.37. The minimum atomic E-state index is -1.30. The maximum Gasteiger partial charge on any atom is 0.325 e. The number of aromatic hydroxyl groups is 1. The molecule has 0 atom stereocenters. The number of rotatable bonds is 7. The number of carbonyl (C=O) groups excluding carboxylic acids is 1. The van der Waals surface area contributed by atoms with Gasteiger partial charge in [-0.2, -0.15) is 0 Å². The monoisotopic (exact) mass is 506 g/mol. The second kappa shape index (κ2) is 10.3. The fourth-order valence-electron chi connectivity index (χ4n) is 4.16. The number of esters is 1. The van der Waals surface area contributed by atoms with Crippen molar-refractivity contribution in [1.29, 1.82) is 0 Å². The van der Waals surface area contributed by atoms with Gasteiger partial charge < -0.3 is 20.9 Å². The number of nitrogens with one attached hydrogen (secondary N) is 1. The van der Waals surface area contributed by atoms with Gasteiger partial charge in [-0.25, -0.2) is 0 Å². The topological polar surface area (TPSA) is 84.6 Å². The van der Waals surface area contributed by atoms with Crippen molar-refractivity contribution in [3.8, 4) is 5.75 Å². The second-order valence-corrected chi connectivity index (χ2v) is 8.95. The molecule has 0 aliphatic heterocycles. The largest absolute Gasteiger partial charge is 0.508 e. The van der Waals surface area contributed by atoms with Crippen molar-refractivity contribution < 1.29 is 14.6 Å². The molecule has 4 aromatic rings. The number of methoxy groups -OCH3 is 1. The van der Waals surface area contributed by atoms with Gasteiger partial charge in [-0.15, -0.1) is 0 Å². The smallest absolute Gasteiger partial charge is 0.325 e. The van der Waals surface area contributed by atoms with Crippen molar-refractivity contribution in [1.82, 2.24) is 0 Å². The second-order valence-electron chi connectivity index (χ2n) is 8.08. The molecule has 0 bridgehead atoms. The molecule has 0 unspecified atom stereocenters. The first-order chi connectivity index (χ1) is 16.8. The van der Waals surface area contributed by atoms with Crippen molar-refractivity contribution in [2.75, 3.05) is 18.2 Å². The van der Waals surface area contributed by atoms with Crippen LogP contribution >= 0.6 is 23.2 Å². The molecule has 0 saturated carbocycles. The van der Waals surface area contributed by atoms with Crippen molar-refractivity contribution in [2.45, 2.75) is 12.0 Å². The van der Waals surface area contributed by atoms with Crippen molar-refractivity contribution in [2.24, 2.45) is 0 Å². The van der Waals surface area contributed by atoms with E-state index < -0.39 is 11.4 Å². The Morgan fingerprint density at radius 2 is 1.37 bits per heavy atom. The average Bonchev–Trinajstić information content (AvgIpc) is 2.87. The highest BCUT2D eigenvalue weighted by Crippen LogP contribution is 2.43. The van der Waals surface area contributed by atoms with Gasteiger partial charge in [0.25, 0.3) is 0 Å². The fraction of sp³-hybridized carbons (Fsp3) is 0.107. The number of nitrogens with two attached hydrogens (primary N) is 1. The van der Waals surface area contributed by atoms with Crippen LogP contribution in [0, 0.1) is 0 Å². The third-order valence-corrected chi connectivity index (χ3v) is 6.46. The minimum Gasteiger partial charge on any atom is -0.508 e. The van der Waals surface area contributed by atoms with E-state index in [0.29, 0.717) is 44.7 Å². The summed E-state index contributed by atoms with van der Waals surface area (Å²) in [6.07, 6.45) is 0. The quantitative estimate of drug-likeness (QED) is 0.153. The summed E-state index contributed by atoms with van der Waals surface area (Å²) >= 11 is 12.3. The molecule has 0 fully saturated rings. The van der Waals surface area contributed by atoms with E-state index >= 15 is 0 Å². The normalized spacial score (nSPS) is 11.2. The van der Waals surface area contributed by atoms with Gasteiger partial charge in [0.15, 0.2) is 0 Å². The summed E-state index contributed by atoms with van der Waals surface area (Å²) in [5.74, 6) is -0.263. The number of halogens is 2. The van der Waals surface area contributed by atoms with Gasteiger partial charge in [-0.05, 0) is 70.8 Å². The molecule has 4 rings (SSSR count). The Kier molecular flexibility index (Phi) is 7.20. The van der Waals surface area contributed by atoms with Gasteiger partial charge in [-0.3, -0.25) is 4.79 Å². The predicted molar refractivity (Wildman–Crippen MR) is 141 cm³/mol. The molecule has 7 heteroatoms. The number of benzene rings is 4. The number of nitrogen functional groups attached to an aromatic ring is 1. The summed E-state index contributed by atoms with van der Waals surface area (Å²) in [6, 6.07) is 26.6. The van der Waals surface area contributed by atoms with E-state index in [9.17, 15) is 9.90 Å². The number of phenols is 1. The van der Waals surface area contributed by atoms with Gasteiger partial charge in [0, 0.05) is 16.6 Å². The van der Waals surface area contributed by atoms with Crippen LogP contribution in [0.4, 0.5) is 11.4 Å². The van der Waals surface area contributed by atoms with E-state index in [4.69, 9.17) is 33.7 Å². The molecule has 0 spiro atoms. The van der Waals surface area contributed by atoms with Gasteiger partial charge >= 0.3 is 5.97 Å². The lowest BCUT2D eigenvalue weighted by Crippen LogP contribution is -2.39. The lowest BCUT2D eigenvalue weighted by atomic mass is 9.69. The van der Waals surface area contributed by atoms with E-state index in [1.165, 1.54) is 7.11 Å². The summed E-state index contributed by atoms with van der Waals surface area (Å²) in [4.78, 5) is 13.6. The highest BCUT2D eigenvalue weighted by Gasteiger charge is 2.45. The molecule has 5 nitrogen and oxygen atoms in total. The van der Waals surface area contributed by atoms with Crippen LogP contribution in [-0.4, -0.2) is 18.2 Å². The number of hydrogen-bond donors (Lipinski definition) is 3. The molecule has 35 heavy (non-hydrogen) atoms. The number of phenolic OH excluding ortho intramolecular Hbond substituents is 1. The molecular formula is C28H24Cl2N2O3. The first kappa shape index (κ1) is 24.5. The zero-order chi connectivity index (χ0) is 25.0. The molecule has 0 aromatic heterocycles. The van der Waals surface area contributed by atoms with Crippen molar-refractivity contribution in [3.63, 3.8) is 0 Å². The van der Waals surface area contributed by atoms with Crippen LogP contribution in [0.5, 0.6) is 5.75 Å². The van der Waals surface area contributed by atoms with Crippen molar-refractivity contribution in [3.05, 3.63) is 123 Å². The molecule has 4 N–H and O–H groups in total.